The molecule has 1 aromatic rings. The molecule has 1 heterocycles. The molecule has 0 spiro atoms. The van der Waals surface area contributed by atoms with Crippen LogP contribution < -0.4 is 5.73 Å². The third-order valence-corrected chi connectivity index (χ3v) is 3.21. The molecule has 1 aromatic heterocycles. The van der Waals surface area contributed by atoms with Crippen molar-refractivity contribution in [2.24, 2.45) is 5.73 Å². The Labute approximate surface area is 95.0 Å². The molecule has 80 valence electrons. The second kappa shape index (κ2) is 3.53. The molecule has 1 aliphatic carbocycles. The number of hydrogen-bond acceptors (Lipinski definition) is 4. The molecule has 0 unspecified atom stereocenters. The van der Waals surface area contributed by atoms with Gasteiger partial charge in [0.05, 0.1) is 4.92 Å². The first kappa shape index (κ1) is 10.5. The minimum absolute atomic E-state index is 0.0623. The van der Waals surface area contributed by atoms with Gasteiger partial charge in [0.2, 0.25) is 0 Å². The summed E-state index contributed by atoms with van der Waals surface area (Å²) < 4.78 is 0.616. The number of hydrogen-bond donors (Lipinski definition) is 1. The molecule has 0 saturated heterocycles. The van der Waals surface area contributed by atoms with Gasteiger partial charge in [0.1, 0.15) is 5.69 Å². The van der Waals surface area contributed by atoms with Crippen molar-refractivity contribution in [3.05, 3.63) is 32.5 Å². The van der Waals surface area contributed by atoms with Crippen molar-refractivity contribution in [2.45, 2.75) is 18.3 Å². The zero-order chi connectivity index (χ0) is 11.1. The van der Waals surface area contributed by atoms with Gasteiger partial charge >= 0.3 is 0 Å². The standard InChI is InChI=1S/C9H10BrN3O2/c10-6-3-7(13(14)15)8(12-4-6)9(5-11)1-2-9/h3-4H,1-2,5,11H2. The van der Waals surface area contributed by atoms with Crippen LogP contribution in [-0.2, 0) is 5.41 Å². The molecule has 0 bridgehead atoms. The van der Waals surface area contributed by atoms with Gasteiger partial charge in [-0.3, -0.25) is 15.1 Å². The van der Waals surface area contributed by atoms with Crippen molar-refractivity contribution in [2.75, 3.05) is 6.54 Å². The van der Waals surface area contributed by atoms with Crippen LogP contribution in [0.3, 0.4) is 0 Å². The highest BCUT2D eigenvalue weighted by molar-refractivity contribution is 9.10. The van der Waals surface area contributed by atoms with Crippen molar-refractivity contribution in [1.82, 2.24) is 4.98 Å². The normalized spacial score (nSPS) is 17.5. The Morgan fingerprint density at radius 2 is 2.33 bits per heavy atom. The van der Waals surface area contributed by atoms with Gasteiger partial charge in [-0.2, -0.15) is 0 Å². The summed E-state index contributed by atoms with van der Waals surface area (Å²) in [5.41, 5.74) is 5.98. The van der Waals surface area contributed by atoms with E-state index < -0.39 is 4.92 Å². The molecular weight excluding hydrogens is 262 g/mol. The minimum atomic E-state index is -0.400. The van der Waals surface area contributed by atoms with E-state index in [4.69, 9.17) is 5.73 Å². The number of nitro groups is 1. The SMILES string of the molecule is NCC1(c2ncc(Br)cc2[N+](=O)[O-])CC1. The summed E-state index contributed by atoms with van der Waals surface area (Å²) >= 11 is 3.18. The van der Waals surface area contributed by atoms with Crippen LogP contribution in [0.15, 0.2) is 16.7 Å². The number of aromatic nitrogens is 1. The summed E-state index contributed by atoms with van der Waals surface area (Å²) in [6.07, 6.45) is 3.36. The molecule has 0 atom stereocenters. The first-order chi connectivity index (χ1) is 7.09. The van der Waals surface area contributed by atoms with Crippen LogP contribution >= 0.6 is 15.9 Å². The fraction of sp³-hybridized carbons (Fsp3) is 0.444. The Balaban J connectivity index is 2.51. The van der Waals surface area contributed by atoms with Gasteiger partial charge in [-0.1, -0.05) is 0 Å². The highest BCUT2D eigenvalue weighted by atomic mass is 79.9. The number of nitrogens with zero attached hydrogens (tertiary/aromatic N) is 2. The van der Waals surface area contributed by atoms with Gasteiger partial charge < -0.3 is 5.73 Å². The molecule has 2 N–H and O–H groups in total. The lowest BCUT2D eigenvalue weighted by atomic mass is 10.0. The Morgan fingerprint density at radius 3 is 2.80 bits per heavy atom. The smallest absolute Gasteiger partial charge is 0.292 e. The molecule has 5 nitrogen and oxygen atoms in total. The third kappa shape index (κ3) is 1.74. The van der Waals surface area contributed by atoms with E-state index in [1.54, 1.807) is 6.20 Å². The summed E-state index contributed by atoms with van der Waals surface area (Å²) in [6.45, 7) is 0.419. The lowest BCUT2D eigenvalue weighted by molar-refractivity contribution is -0.386. The van der Waals surface area contributed by atoms with Crippen molar-refractivity contribution < 1.29 is 4.92 Å². The minimum Gasteiger partial charge on any atom is -0.330 e. The Kier molecular flexibility index (Phi) is 2.47. The van der Waals surface area contributed by atoms with E-state index in [0.29, 0.717) is 16.7 Å². The van der Waals surface area contributed by atoms with Gasteiger partial charge in [0, 0.05) is 28.7 Å². The summed E-state index contributed by atoms with van der Waals surface area (Å²) in [7, 11) is 0. The molecular formula is C9H10BrN3O2. The highest BCUT2D eigenvalue weighted by Crippen LogP contribution is 2.49. The molecule has 0 aliphatic heterocycles. The first-order valence-corrected chi connectivity index (χ1v) is 5.39. The fourth-order valence-corrected chi connectivity index (χ4v) is 1.98. The molecule has 0 amide bonds. The maximum Gasteiger partial charge on any atom is 0.292 e. The zero-order valence-electron chi connectivity index (χ0n) is 7.94. The van der Waals surface area contributed by atoms with Crippen LogP contribution in [0.4, 0.5) is 5.69 Å². The molecule has 1 fully saturated rings. The molecule has 2 rings (SSSR count). The van der Waals surface area contributed by atoms with Gasteiger partial charge in [0.15, 0.2) is 0 Å². The van der Waals surface area contributed by atoms with Gasteiger partial charge in [-0.15, -0.1) is 0 Å². The maximum absolute atomic E-state index is 10.9. The summed E-state index contributed by atoms with van der Waals surface area (Å²) in [5, 5.41) is 10.9. The molecule has 0 radical (unpaired) electrons. The quantitative estimate of drug-likeness (QED) is 0.671. The van der Waals surface area contributed by atoms with Crippen molar-refractivity contribution in [3.8, 4) is 0 Å². The summed E-state index contributed by atoms with van der Waals surface area (Å²) in [5.74, 6) is 0. The topological polar surface area (TPSA) is 82.0 Å². The van der Waals surface area contributed by atoms with Gasteiger partial charge in [0.25, 0.3) is 5.69 Å². The van der Waals surface area contributed by atoms with Crippen LogP contribution in [0.1, 0.15) is 18.5 Å². The van der Waals surface area contributed by atoms with Gasteiger partial charge in [-0.05, 0) is 28.8 Å². The van der Waals surface area contributed by atoms with Crippen LogP contribution in [0.5, 0.6) is 0 Å². The van der Waals surface area contributed by atoms with Crippen molar-refractivity contribution >= 4 is 21.6 Å². The predicted octanol–water partition coefficient (Wildman–Crippen LogP) is 1.74. The summed E-state index contributed by atoms with van der Waals surface area (Å²) in [6, 6.07) is 1.48. The van der Waals surface area contributed by atoms with Crippen LogP contribution in [0.25, 0.3) is 0 Å². The Morgan fingerprint density at radius 1 is 1.67 bits per heavy atom. The second-order valence-corrected chi connectivity index (χ2v) is 4.68. The van der Waals surface area contributed by atoms with E-state index in [9.17, 15) is 10.1 Å². The number of rotatable bonds is 3. The predicted molar refractivity (Wildman–Crippen MR) is 58.6 cm³/mol. The second-order valence-electron chi connectivity index (χ2n) is 3.76. The lowest BCUT2D eigenvalue weighted by Crippen LogP contribution is -2.22. The average molecular weight is 272 g/mol. The van der Waals surface area contributed by atoms with Crippen LogP contribution in [-0.4, -0.2) is 16.5 Å². The molecule has 6 heteroatoms. The van der Waals surface area contributed by atoms with E-state index >= 15 is 0 Å². The average Bonchev–Trinajstić information content (AvgIpc) is 2.98. The fourth-order valence-electron chi connectivity index (χ4n) is 1.66. The van der Waals surface area contributed by atoms with E-state index in [-0.39, 0.29) is 11.1 Å². The van der Waals surface area contributed by atoms with Crippen molar-refractivity contribution in [3.63, 3.8) is 0 Å². The lowest BCUT2D eigenvalue weighted by Gasteiger charge is -2.11. The molecule has 1 saturated carbocycles. The van der Waals surface area contributed by atoms with Crippen molar-refractivity contribution in [1.29, 1.82) is 0 Å². The van der Waals surface area contributed by atoms with Gasteiger partial charge in [-0.25, -0.2) is 0 Å². The van der Waals surface area contributed by atoms with Crippen LogP contribution in [0, 0.1) is 10.1 Å². The van der Waals surface area contributed by atoms with E-state index in [1.807, 2.05) is 0 Å². The first-order valence-electron chi connectivity index (χ1n) is 4.59. The maximum atomic E-state index is 10.9. The zero-order valence-corrected chi connectivity index (χ0v) is 9.53. The number of pyridine rings is 1. The Hall–Kier alpha value is -1.01. The number of nitrogens with two attached hydrogens (primary N) is 1. The molecule has 0 aromatic carbocycles. The van der Waals surface area contributed by atoms with Crippen LogP contribution in [0.2, 0.25) is 0 Å². The number of halogens is 1. The highest BCUT2D eigenvalue weighted by Gasteiger charge is 2.48. The van der Waals surface area contributed by atoms with E-state index in [0.717, 1.165) is 12.8 Å². The summed E-state index contributed by atoms with van der Waals surface area (Å²) in [4.78, 5) is 14.6. The van der Waals surface area contributed by atoms with E-state index in [1.165, 1.54) is 6.07 Å². The monoisotopic (exact) mass is 271 g/mol. The molecule has 15 heavy (non-hydrogen) atoms. The van der Waals surface area contributed by atoms with E-state index in [2.05, 4.69) is 20.9 Å². The largest absolute Gasteiger partial charge is 0.330 e. The third-order valence-electron chi connectivity index (χ3n) is 2.78. The molecule has 1 aliphatic rings. The Bertz CT molecular complexity index is 418.